The van der Waals surface area contributed by atoms with Gasteiger partial charge in [0.25, 0.3) is 0 Å². The first kappa shape index (κ1) is 14.3. The lowest BCUT2D eigenvalue weighted by Crippen LogP contribution is -2.27. The smallest absolute Gasteiger partial charge is 0.164 e. The molecule has 0 spiro atoms. The molecule has 6 heteroatoms. The minimum Gasteiger partial charge on any atom is -0.379 e. The topological polar surface area (TPSA) is 46.2 Å². The highest BCUT2D eigenvalue weighted by atomic mass is 35.5. The molecular formula is C11H15ClFNO2S. The predicted molar refractivity (Wildman–Crippen MR) is 68.8 cm³/mol. The number of hydrogen-bond acceptors (Lipinski definition) is 3. The van der Waals surface area contributed by atoms with Crippen LogP contribution in [0.4, 0.5) is 10.1 Å². The van der Waals surface area contributed by atoms with E-state index >= 15 is 0 Å². The van der Waals surface area contributed by atoms with Crippen LogP contribution in [0.15, 0.2) is 18.2 Å². The Kier molecular flexibility index (Phi) is 4.77. The highest BCUT2D eigenvalue weighted by molar-refractivity contribution is 7.91. The minimum absolute atomic E-state index is 0.0144. The predicted octanol–water partition coefficient (Wildman–Crippen LogP) is 2.71. The largest absolute Gasteiger partial charge is 0.379 e. The van der Waals surface area contributed by atoms with Crippen LogP contribution in [0.1, 0.15) is 13.8 Å². The summed E-state index contributed by atoms with van der Waals surface area (Å²) in [6.07, 6.45) is 0. The lowest BCUT2D eigenvalue weighted by Gasteiger charge is -2.15. The molecular weight excluding hydrogens is 265 g/mol. The van der Waals surface area contributed by atoms with Crippen molar-refractivity contribution in [2.45, 2.75) is 19.9 Å². The molecule has 0 aliphatic carbocycles. The van der Waals surface area contributed by atoms with E-state index in [-0.39, 0.29) is 28.3 Å². The van der Waals surface area contributed by atoms with Crippen LogP contribution in [0.25, 0.3) is 0 Å². The Hall–Kier alpha value is -0.810. The summed E-state index contributed by atoms with van der Waals surface area (Å²) in [6, 6.07) is 4.20. The molecule has 1 N–H and O–H groups in total. The highest BCUT2D eigenvalue weighted by Gasteiger charge is 2.15. The number of halogens is 2. The summed E-state index contributed by atoms with van der Waals surface area (Å²) in [4.78, 5) is 0. The molecule has 0 radical (unpaired) electrons. The Morgan fingerprint density at radius 3 is 2.71 bits per heavy atom. The number of sulfone groups is 1. The molecule has 1 aromatic carbocycles. The maximum atomic E-state index is 13.5. The average molecular weight is 280 g/mol. The van der Waals surface area contributed by atoms with Crippen molar-refractivity contribution in [3.63, 3.8) is 0 Å². The second-order valence-corrected chi connectivity index (χ2v) is 6.65. The zero-order chi connectivity index (χ0) is 13.1. The molecule has 1 aromatic rings. The van der Waals surface area contributed by atoms with Crippen molar-refractivity contribution in [2.24, 2.45) is 0 Å². The number of nitrogens with one attached hydrogen (secondary N) is 1. The fraction of sp³-hybridized carbons (Fsp3) is 0.455. The fourth-order valence-corrected chi connectivity index (χ4v) is 2.68. The molecule has 0 aliphatic heterocycles. The molecule has 1 unspecified atom stereocenters. The maximum Gasteiger partial charge on any atom is 0.164 e. The van der Waals surface area contributed by atoms with Gasteiger partial charge in [0.05, 0.1) is 16.5 Å². The third-order valence-corrected chi connectivity index (χ3v) is 4.48. The molecule has 0 fully saturated rings. The van der Waals surface area contributed by atoms with Crippen molar-refractivity contribution >= 4 is 27.1 Å². The summed E-state index contributed by atoms with van der Waals surface area (Å²) in [5.41, 5.74) is 0.219. The van der Waals surface area contributed by atoms with E-state index in [1.165, 1.54) is 12.1 Å². The van der Waals surface area contributed by atoms with Gasteiger partial charge in [-0.2, -0.15) is 0 Å². The van der Waals surface area contributed by atoms with E-state index in [4.69, 9.17) is 11.6 Å². The van der Waals surface area contributed by atoms with Crippen LogP contribution in [-0.4, -0.2) is 26.0 Å². The van der Waals surface area contributed by atoms with Gasteiger partial charge in [-0.25, -0.2) is 12.8 Å². The average Bonchev–Trinajstić information content (AvgIpc) is 2.24. The van der Waals surface area contributed by atoms with Gasteiger partial charge in [0.1, 0.15) is 0 Å². The summed E-state index contributed by atoms with van der Waals surface area (Å²) in [5.74, 6) is -0.512. The van der Waals surface area contributed by atoms with E-state index in [0.29, 0.717) is 0 Å². The number of benzene rings is 1. The molecule has 0 aliphatic rings. The highest BCUT2D eigenvalue weighted by Crippen LogP contribution is 2.22. The summed E-state index contributed by atoms with van der Waals surface area (Å²) >= 11 is 5.62. The van der Waals surface area contributed by atoms with Crippen LogP contribution >= 0.6 is 11.6 Å². The number of rotatable bonds is 5. The second kappa shape index (κ2) is 5.69. The molecule has 3 nitrogen and oxygen atoms in total. The molecule has 0 heterocycles. The van der Waals surface area contributed by atoms with Gasteiger partial charge in [-0.1, -0.05) is 24.6 Å². The molecule has 17 heavy (non-hydrogen) atoms. The van der Waals surface area contributed by atoms with E-state index in [2.05, 4.69) is 5.32 Å². The van der Waals surface area contributed by atoms with Crippen LogP contribution < -0.4 is 5.32 Å². The van der Waals surface area contributed by atoms with Gasteiger partial charge in [-0.3, -0.25) is 0 Å². The van der Waals surface area contributed by atoms with Crippen LogP contribution in [0.2, 0.25) is 5.02 Å². The van der Waals surface area contributed by atoms with Crippen molar-refractivity contribution in [3.05, 3.63) is 29.0 Å². The van der Waals surface area contributed by atoms with Gasteiger partial charge >= 0.3 is 0 Å². The van der Waals surface area contributed by atoms with Crippen LogP contribution in [0, 0.1) is 5.82 Å². The SMILES string of the molecule is CCS(=O)(=O)CC(C)Nc1cccc(Cl)c1F. The third kappa shape index (κ3) is 4.16. The molecule has 0 saturated carbocycles. The van der Waals surface area contributed by atoms with Crippen LogP contribution in [-0.2, 0) is 9.84 Å². The fourth-order valence-electron chi connectivity index (χ4n) is 1.42. The van der Waals surface area contributed by atoms with Crippen LogP contribution in [0.5, 0.6) is 0 Å². The lowest BCUT2D eigenvalue weighted by atomic mass is 10.2. The van der Waals surface area contributed by atoms with E-state index in [1.54, 1.807) is 19.9 Å². The van der Waals surface area contributed by atoms with Crippen molar-refractivity contribution in [2.75, 3.05) is 16.8 Å². The zero-order valence-electron chi connectivity index (χ0n) is 9.70. The van der Waals surface area contributed by atoms with Gasteiger partial charge < -0.3 is 5.32 Å². The molecule has 0 saturated heterocycles. The Balaban J connectivity index is 2.75. The standard InChI is InChI=1S/C11H15ClFNO2S/c1-3-17(15,16)7-8(2)14-10-6-4-5-9(12)11(10)13/h4-6,8,14H,3,7H2,1-2H3. The molecule has 1 atom stereocenters. The summed E-state index contributed by atoms with van der Waals surface area (Å²) in [6.45, 7) is 3.27. The van der Waals surface area contributed by atoms with Crippen molar-refractivity contribution in [1.29, 1.82) is 0 Å². The summed E-state index contributed by atoms with van der Waals surface area (Å²) < 4.78 is 36.3. The van der Waals surface area contributed by atoms with E-state index in [0.717, 1.165) is 0 Å². The normalized spacial score (nSPS) is 13.4. The maximum absolute atomic E-state index is 13.5. The van der Waals surface area contributed by atoms with Gasteiger partial charge in [-0.15, -0.1) is 0 Å². The first-order valence-electron chi connectivity index (χ1n) is 5.26. The van der Waals surface area contributed by atoms with Crippen molar-refractivity contribution < 1.29 is 12.8 Å². The Morgan fingerprint density at radius 2 is 2.12 bits per heavy atom. The molecule has 1 rings (SSSR count). The molecule has 0 bridgehead atoms. The Bertz CT molecular complexity index is 490. The van der Waals surface area contributed by atoms with E-state index in [1.807, 2.05) is 0 Å². The van der Waals surface area contributed by atoms with Gasteiger partial charge in [0, 0.05) is 11.8 Å². The first-order chi connectivity index (χ1) is 7.85. The third-order valence-electron chi connectivity index (χ3n) is 2.30. The van der Waals surface area contributed by atoms with Crippen molar-refractivity contribution in [1.82, 2.24) is 0 Å². The van der Waals surface area contributed by atoms with Crippen LogP contribution in [0.3, 0.4) is 0 Å². The monoisotopic (exact) mass is 279 g/mol. The second-order valence-electron chi connectivity index (χ2n) is 3.85. The van der Waals surface area contributed by atoms with Crippen molar-refractivity contribution in [3.8, 4) is 0 Å². The van der Waals surface area contributed by atoms with E-state index in [9.17, 15) is 12.8 Å². The summed E-state index contributed by atoms with van der Waals surface area (Å²) in [7, 11) is -3.08. The van der Waals surface area contributed by atoms with Gasteiger partial charge in [0.2, 0.25) is 0 Å². The number of hydrogen-bond donors (Lipinski definition) is 1. The van der Waals surface area contributed by atoms with Gasteiger partial charge in [0.15, 0.2) is 15.7 Å². The summed E-state index contributed by atoms with van der Waals surface area (Å²) in [5, 5.41) is 2.82. The quantitative estimate of drug-likeness (QED) is 0.901. The molecule has 0 amide bonds. The Labute approximate surface area is 106 Å². The molecule has 96 valence electrons. The minimum atomic E-state index is -3.08. The lowest BCUT2D eigenvalue weighted by molar-refractivity contribution is 0.592. The van der Waals surface area contributed by atoms with E-state index < -0.39 is 15.7 Å². The first-order valence-corrected chi connectivity index (χ1v) is 7.46. The zero-order valence-corrected chi connectivity index (χ0v) is 11.3. The molecule has 0 aromatic heterocycles. The number of anilines is 1. The van der Waals surface area contributed by atoms with Gasteiger partial charge in [-0.05, 0) is 19.1 Å². The Morgan fingerprint density at radius 1 is 1.47 bits per heavy atom.